The summed E-state index contributed by atoms with van der Waals surface area (Å²) >= 11 is 0. The molecule has 2 heterocycles. The summed E-state index contributed by atoms with van der Waals surface area (Å²) in [7, 11) is 0. The Bertz CT molecular complexity index is 676. The second kappa shape index (κ2) is 5.21. The number of amides is 1. The number of carbonyl (C=O) groups is 1. The summed E-state index contributed by atoms with van der Waals surface area (Å²) in [6, 6.07) is 6.96. The summed E-state index contributed by atoms with van der Waals surface area (Å²) in [5.41, 5.74) is 4.11. The van der Waals surface area contributed by atoms with E-state index in [-0.39, 0.29) is 5.91 Å². The minimum absolute atomic E-state index is 0.154. The third-order valence-corrected chi connectivity index (χ3v) is 4.86. The van der Waals surface area contributed by atoms with Crippen molar-refractivity contribution >= 4 is 16.8 Å². The van der Waals surface area contributed by atoms with Crippen LogP contribution in [0.15, 0.2) is 18.2 Å². The normalized spacial score (nSPS) is 22.8. The van der Waals surface area contributed by atoms with Gasteiger partial charge in [-0.3, -0.25) is 4.79 Å². The first-order chi connectivity index (χ1) is 9.99. The van der Waals surface area contributed by atoms with Crippen LogP contribution in [0.4, 0.5) is 0 Å². The molecule has 0 aliphatic carbocycles. The smallest absolute Gasteiger partial charge is 0.271 e. The molecule has 1 aliphatic rings. The van der Waals surface area contributed by atoms with E-state index in [2.05, 4.69) is 48.9 Å². The van der Waals surface area contributed by atoms with Crippen LogP contribution in [0.1, 0.15) is 54.7 Å². The van der Waals surface area contributed by atoms with Gasteiger partial charge in [0.15, 0.2) is 0 Å². The molecule has 1 amide bonds. The number of nitrogens with zero attached hydrogens (tertiary/aromatic N) is 1. The van der Waals surface area contributed by atoms with Crippen molar-refractivity contribution < 1.29 is 4.79 Å². The maximum Gasteiger partial charge on any atom is 0.271 e. The van der Waals surface area contributed by atoms with E-state index in [0.717, 1.165) is 35.0 Å². The van der Waals surface area contributed by atoms with Crippen LogP contribution >= 0.6 is 0 Å². The van der Waals surface area contributed by atoms with E-state index in [1.807, 2.05) is 6.92 Å². The first kappa shape index (κ1) is 14.2. The monoisotopic (exact) mass is 284 g/mol. The SMILES string of the molecule is Cc1ccc2[nH]c(C(=O)N3C(C)CCCC3C)c(C)c2c1. The summed E-state index contributed by atoms with van der Waals surface area (Å²) < 4.78 is 0. The van der Waals surface area contributed by atoms with Gasteiger partial charge in [0.2, 0.25) is 0 Å². The molecule has 0 bridgehead atoms. The molecule has 1 saturated heterocycles. The van der Waals surface area contributed by atoms with E-state index < -0.39 is 0 Å². The summed E-state index contributed by atoms with van der Waals surface area (Å²) in [4.78, 5) is 18.4. The van der Waals surface area contributed by atoms with Crippen molar-refractivity contribution in [1.82, 2.24) is 9.88 Å². The molecule has 2 unspecified atom stereocenters. The highest BCUT2D eigenvalue weighted by Crippen LogP contribution is 2.28. The van der Waals surface area contributed by atoms with Crippen molar-refractivity contribution in [2.24, 2.45) is 0 Å². The van der Waals surface area contributed by atoms with Gasteiger partial charge < -0.3 is 9.88 Å². The van der Waals surface area contributed by atoms with Crippen LogP contribution in [0.3, 0.4) is 0 Å². The van der Waals surface area contributed by atoms with Gasteiger partial charge in [-0.25, -0.2) is 0 Å². The number of aryl methyl sites for hydroxylation is 2. The van der Waals surface area contributed by atoms with Crippen molar-refractivity contribution in [3.05, 3.63) is 35.0 Å². The summed E-state index contributed by atoms with van der Waals surface area (Å²) in [5.74, 6) is 0.154. The minimum Gasteiger partial charge on any atom is -0.350 e. The third kappa shape index (κ3) is 2.35. The van der Waals surface area contributed by atoms with Crippen LogP contribution < -0.4 is 0 Å². The van der Waals surface area contributed by atoms with E-state index in [9.17, 15) is 4.79 Å². The van der Waals surface area contributed by atoms with Gasteiger partial charge in [-0.2, -0.15) is 0 Å². The standard InChI is InChI=1S/C18H24N2O/c1-11-8-9-16-15(10-11)14(4)17(19-16)18(21)20-12(2)6-5-7-13(20)3/h8-10,12-13,19H,5-7H2,1-4H3. The molecule has 112 valence electrons. The Morgan fingerprint density at radius 2 is 1.86 bits per heavy atom. The number of aromatic nitrogens is 1. The minimum atomic E-state index is 0.154. The van der Waals surface area contributed by atoms with Crippen molar-refractivity contribution in [1.29, 1.82) is 0 Å². The fraction of sp³-hybridized carbons (Fsp3) is 0.500. The number of piperidine rings is 1. The van der Waals surface area contributed by atoms with Gasteiger partial charge in [0.05, 0.1) is 0 Å². The van der Waals surface area contributed by atoms with Crippen molar-refractivity contribution in [2.45, 2.75) is 59.0 Å². The van der Waals surface area contributed by atoms with E-state index in [0.29, 0.717) is 12.1 Å². The third-order valence-electron chi connectivity index (χ3n) is 4.86. The predicted octanol–water partition coefficient (Wildman–Crippen LogP) is 4.19. The van der Waals surface area contributed by atoms with Crippen LogP contribution in [0.5, 0.6) is 0 Å². The number of benzene rings is 1. The van der Waals surface area contributed by atoms with Gasteiger partial charge in [-0.1, -0.05) is 11.6 Å². The fourth-order valence-corrected chi connectivity index (χ4v) is 3.61. The summed E-state index contributed by atoms with van der Waals surface area (Å²) in [5, 5.41) is 1.16. The highest BCUT2D eigenvalue weighted by atomic mass is 16.2. The summed E-state index contributed by atoms with van der Waals surface area (Å²) in [6.45, 7) is 8.46. The van der Waals surface area contributed by atoms with Gasteiger partial charge in [-0.15, -0.1) is 0 Å². The quantitative estimate of drug-likeness (QED) is 0.837. The number of H-pyrrole nitrogens is 1. The van der Waals surface area contributed by atoms with E-state index >= 15 is 0 Å². The zero-order valence-electron chi connectivity index (χ0n) is 13.4. The number of carbonyl (C=O) groups excluding carboxylic acids is 1. The first-order valence-corrected chi connectivity index (χ1v) is 7.90. The van der Waals surface area contributed by atoms with Crippen molar-refractivity contribution in [3.8, 4) is 0 Å². The van der Waals surface area contributed by atoms with E-state index in [1.165, 1.54) is 12.0 Å². The van der Waals surface area contributed by atoms with Crippen LogP contribution in [0.25, 0.3) is 10.9 Å². The van der Waals surface area contributed by atoms with Crippen molar-refractivity contribution in [2.75, 3.05) is 0 Å². The van der Waals surface area contributed by atoms with Crippen molar-refractivity contribution in [3.63, 3.8) is 0 Å². The second-order valence-electron chi connectivity index (χ2n) is 6.52. The number of hydrogen-bond donors (Lipinski definition) is 1. The van der Waals surface area contributed by atoms with Gasteiger partial charge in [0, 0.05) is 23.0 Å². The second-order valence-corrected chi connectivity index (χ2v) is 6.52. The van der Waals surface area contributed by atoms with Gasteiger partial charge >= 0.3 is 0 Å². The molecule has 3 heteroatoms. The molecule has 0 saturated carbocycles. The first-order valence-electron chi connectivity index (χ1n) is 7.90. The van der Waals surface area contributed by atoms with E-state index in [4.69, 9.17) is 0 Å². The zero-order chi connectivity index (χ0) is 15.1. The van der Waals surface area contributed by atoms with Gasteiger partial charge in [-0.05, 0) is 64.7 Å². The molecule has 1 N–H and O–H groups in total. The van der Waals surface area contributed by atoms with Crippen LogP contribution in [-0.2, 0) is 0 Å². The number of rotatable bonds is 1. The van der Waals surface area contributed by atoms with E-state index in [1.54, 1.807) is 0 Å². The number of hydrogen-bond acceptors (Lipinski definition) is 1. The molecule has 1 fully saturated rings. The topological polar surface area (TPSA) is 36.1 Å². The molecule has 0 radical (unpaired) electrons. The molecule has 3 rings (SSSR count). The molecular weight excluding hydrogens is 260 g/mol. The lowest BCUT2D eigenvalue weighted by atomic mass is 9.96. The molecular formula is C18H24N2O. The molecule has 1 aromatic carbocycles. The highest BCUT2D eigenvalue weighted by Gasteiger charge is 2.31. The van der Waals surface area contributed by atoms with Crippen LogP contribution in [-0.4, -0.2) is 27.9 Å². The molecule has 2 atom stereocenters. The van der Waals surface area contributed by atoms with Crippen LogP contribution in [0, 0.1) is 13.8 Å². The zero-order valence-corrected chi connectivity index (χ0v) is 13.4. The molecule has 0 spiro atoms. The molecule has 21 heavy (non-hydrogen) atoms. The fourth-order valence-electron chi connectivity index (χ4n) is 3.61. The predicted molar refractivity (Wildman–Crippen MR) is 86.7 cm³/mol. The average Bonchev–Trinajstić information content (AvgIpc) is 2.76. The van der Waals surface area contributed by atoms with Crippen LogP contribution in [0.2, 0.25) is 0 Å². The Balaban J connectivity index is 2.03. The lowest BCUT2D eigenvalue weighted by molar-refractivity contribution is 0.0505. The number of nitrogens with one attached hydrogen (secondary N) is 1. The number of fused-ring (bicyclic) bond motifs is 1. The Hall–Kier alpha value is -1.77. The maximum atomic E-state index is 13.0. The summed E-state index contributed by atoms with van der Waals surface area (Å²) in [6.07, 6.45) is 3.43. The maximum absolute atomic E-state index is 13.0. The largest absolute Gasteiger partial charge is 0.350 e. The molecule has 2 aromatic rings. The Kier molecular flexibility index (Phi) is 3.52. The molecule has 3 nitrogen and oxygen atoms in total. The highest BCUT2D eigenvalue weighted by molar-refractivity contribution is 6.01. The average molecular weight is 284 g/mol. The Labute approximate surface area is 126 Å². The molecule has 1 aromatic heterocycles. The number of likely N-dealkylation sites (tertiary alicyclic amines) is 1. The Morgan fingerprint density at radius 3 is 2.52 bits per heavy atom. The van der Waals surface area contributed by atoms with Gasteiger partial charge in [0.1, 0.15) is 5.69 Å². The lowest BCUT2D eigenvalue weighted by Gasteiger charge is -2.39. The molecule has 1 aliphatic heterocycles. The number of aromatic amines is 1. The van der Waals surface area contributed by atoms with Gasteiger partial charge in [0.25, 0.3) is 5.91 Å². The lowest BCUT2D eigenvalue weighted by Crippen LogP contribution is -2.47. The Morgan fingerprint density at radius 1 is 1.19 bits per heavy atom.